The number of carbonyl (C=O) groups is 1. The Bertz CT molecular complexity index is 1000. The number of aliphatic hydroxyl groups excluding tert-OH is 1. The van der Waals surface area contributed by atoms with E-state index in [1.807, 2.05) is 53.4 Å². The SMILES string of the molecule is CC(O)c1cccc(O[C@@H]2CC[C@@H](C)N(C(=O)c3ccccc3-n3nccn3)C2)c1. The maximum atomic E-state index is 13.4. The molecule has 3 aromatic rings. The molecule has 1 fully saturated rings. The first-order valence-electron chi connectivity index (χ1n) is 10.2. The number of aliphatic hydroxyl groups is 1. The van der Waals surface area contributed by atoms with Gasteiger partial charge in [-0.15, -0.1) is 0 Å². The molecule has 1 N–H and O–H groups in total. The third-order valence-corrected chi connectivity index (χ3v) is 5.51. The van der Waals surface area contributed by atoms with Crippen LogP contribution in [0.4, 0.5) is 0 Å². The zero-order valence-corrected chi connectivity index (χ0v) is 17.2. The van der Waals surface area contributed by atoms with Crippen molar-refractivity contribution in [3.8, 4) is 11.4 Å². The molecule has 156 valence electrons. The van der Waals surface area contributed by atoms with Gasteiger partial charge in [-0.2, -0.15) is 15.0 Å². The third-order valence-electron chi connectivity index (χ3n) is 5.51. The number of likely N-dealkylation sites (tertiary alicyclic amines) is 1. The van der Waals surface area contributed by atoms with Crippen LogP contribution in [0.25, 0.3) is 5.69 Å². The van der Waals surface area contributed by atoms with Gasteiger partial charge in [0, 0.05) is 6.04 Å². The molecular formula is C23H26N4O3. The average molecular weight is 406 g/mol. The molecule has 1 saturated heterocycles. The predicted molar refractivity (Wildman–Crippen MR) is 113 cm³/mol. The molecule has 0 saturated carbocycles. The summed E-state index contributed by atoms with van der Waals surface area (Å²) in [5, 5.41) is 18.2. The summed E-state index contributed by atoms with van der Waals surface area (Å²) < 4.78 is 6.18. The maximum Gasteiger partial charge on any atom is 0.256 e. The number of carbonyl (C=O) groups excluding carboxylic acids is 1. The van der Waals surface area contributed by atoms with Crippen molar-refractivity contribution in [2.24, 2.45) is 0 Å². The Labute approximate surface area is 175 Å². The van der Waals surface area contributed by atoms with E-state index < -0.39 is 6.10 Å². The van der Waals surface area contributed by atoms with Crippen LogP contribution >= 0.6 is 0 Å². The van der Waals surface area contributed by atoms with Crippen molar-refractivity contribution in [2.75, 3.05) is 6.54 Å². The van der Waals surface area contributed by atoms with Gasteiger partial charge in [0.1, 0.15) is 11.9 Å². The number of nitrogens with zero attached hydrogens (tertiary/aromatic N) is 4. The van der Waals surface area contributed by atoms with Crippen LogP contribution in [0.5, 0.6) is 5.75 Å². The Morgan fingerprint density at radius 1 is 1.13 bits per heavy atom. The molecule has 3 atom stereocenters. The van der Waals surface area contributed by atoms with Gasteiger partial charge in [-0.1, -0.05) is 24.3 Å². The first kappa shape index (κ1) is 20.1. The summed E-state index contributed by atoms with van der Waals surface area (Å²) in [7, 11) is 0. The topological polar surface area (TPSA) is 80.5 Å². The van der Waals surface area contributed by atoms with Gasteiger partial charge in [0.15, 0.2) is 0 Å². The van der Waals surface area contributed by atoms with Gasteiger partial charge in [-0.25, -0.2) is 0 Å². The van der Waals surface area contributed by atoms with Crippen LogP contribution in [0.3, 0.4) is 0 Å². The molecule has 1 amide bonds. The molecular weight excluding hydrogens is 380 g/mol. The van der Waals surface area contributed by atoms with Crippen LogP contribution in [0.15, 0.2) is 60.9 Å². The second-order valence-corrected chi connectivity index (χ2v) is 7.71. The maximum absolute atomic E-state index is 13.4. The molecule has 2 heterocycles. The number of hydrogen-bond donors (Lipinski definition) is 1. The number of rotatable bonds is 5. The standard InChI is InChI=1S/C23H26N4O3/c1-16-10-11-20(30-19-7-5-6-18(14-19)17(2)28)15-26(16)23(29)21-8-3-4-9-22(21)27-24-12-13-25-27/h3-9,12-14,16-17,20,28H,10-11,15H2,1-2H3/t16-,17?,20-/m1/s1. The first-order chi connectivity index (χ1) is 14.5. The molecule has 0 aliphatic carbocycles. The molecule has 1 aliphatic rings. The smallest absolute Gasteiger partial charge is 0.256 e. The molecule has 0 bridgehead atoms. The van der Waals surface area contributed by atoms with Gasteiger partial charge in [0.25, 0.3) is 5.91 Å². The lowest BCUT2D eigenvalue weighted by Gasteiger charge is -2.38. The zero-order chi connectivity index (χ0) is 21.1. The van der Waals surface area contributed by atoms with E-state index in [0.29, 0.717) is 23.5 Å². The molecule has 1 unspecified atom stereocenters. The highest BCUT2D eigenvalue weighted by Crippen LogP contribution is 2.26. The fourth-order valence-electron chi connectivity index (χ4n) is 3.82. The van der Waals surface area contributed by atoms with Crippen molar-refractivity contribution in [1.29, 1.82) is 0 Å². The number of hydrogen-bond acceptors (Lipinski definition) is 5. The van der Waals surface area contributed by atoms with Gasteiger partial charge in [-0.3, -0.25) is 4.79 Å². The molecule has 0 radical (unpaired) electrons. The average Bonchev–Trinajstić information content (AvgIpc) is 3.29. The number of piperidine rings is 1. The van der Waals surface area contributed by atoms with Crippen LogP contribution in [0.1, 0.15) is 48.7 Å². The van der Waals surface area contributed by atoms with E-state index in [9.17, 15) is 9.90 Å². The Morgan fingerprint density at radius 3 is 2.67 bits per heavy atom. The van der Waals surface area contributed by atoms with E-state index in [4.69, 9.17) is 4.74 Å². The molecule has 2 aromatic carbocycles. The minimum absolute atomic E-state index is 0.0542. The molecule has 0 spiro atoms. The van der Waals surface area contributed by atoms with Gasteiger partial charge >= 0.3 is 0 Å². The van der Waals surface area contributed by atoms with Crippen LogP contribution in [0, 0.1) is 0 Å². The van der Waals surface area contributed by atoms with E-state index in [0.717, 1.165) is 18.4 Å². The van der Waals surface area contributed by atoms with Gasteiger partial charge in [0.2, 0.25) is 0 Å². The lowest BCUT2D eigenvalue weighted by atomic mass is 9.99. The second-order valence-electron chi connectivity index (χ2n) is 7.71. The summed E-state index contributed by atoms with van der Waals surface area (Å²) in [4.78, 5) is 16.8. The number of para-hydroxylation sites is 1. The van der Waals surface area contributed by atoms with Crippen molar-refractivity contribution in [3.63, 3.8) is 0 Å². The quantitative estimate of drug-likeness (QED) is 0.702. The van der Waals surface area contributed by atoms with E-state index in [2.05, 4.69) is 17.1 Å². The normalized spacial score (nSPS) is 20.0. The van der Waals surface area contributed by atoms with Gasteiger partial charge in [0.05, 0.1) is 36.3 Å². The lowest BCUT2D eigenvalue weighted by molar-refractivity contribution is 0.0383. The Balaban J connectivity index is 1.53. The summed E-state index contributed by atoms with van der Waals surface area (Å²) in [6.45, 7) is 4.30. The highest BCUT2D eigenvalue weighted by Gasteiger charge is 2.32. The van der Waals surface area contributed by atoms with Gasteiger partial charge < -0.3 is 14.7 Å². The Hall–Kier alpha value is -3.19. The van der Waals surface area contributed by atoms with Crippen LogP contribution < -0.4 is 4.74 Å². The molecule has 1 aliphatic heterocycles. The predicted octanol–water partition coefficient (Wildman–Crippen LogP) is 3.39. The van der Waals surface area contributed by atoms with E-state index in [1.54, 1.807) is 19.3 Å². The highest BCUT2D eigenvalue weighted by molar-refractivity contribution is 5.98. The summed E-state index contributed by atoms with van der Waals surface area (Å²) in [5.74, 6) is 0.655. The number of amides is 1. The minimum Gasteiger partial charge on any atom is -0.489 e. The Morgan fingerprint density at radius 2 is 1.90 bits per heavy atom. The summed E-state index contributed by atoms with van der Waals surface area (Å²) in [6, 6.07) is 15.0. The second kappa shape index (κ2) is 8.67. The van der Waals surface area contributed by atoms with Crippen molar-refractivity contribution in [2.45, 2.75) is 44.9 Å². The van der Waals surface area contributed by atoms with Crippen LogP contribution in [-0.2, 0) is 0 Å². The van der Waals surface area contributed by atoms with Crippen molar-refractivity contribution in [1.82, 2.24) is 19.9 Å². The molecule has 1 aromatic heterocycles. The van der Waals surface area contributed by atoms with Crippen molar-refractivity contribution < 1.29 is 14.6 Å². The number of ether oxygens (including phenoxy) is 1. The fraction of sp³-hybridized carbons (Fsp3) is 0.348. The Kier molecular flexibility index (Phi) is 5.81. The largest absolute Gasteiger partial charge is 0.489 e. The summed E-state index contributed by atoms with van der Waals surface area (Å²) >= 11 is 0. The van der Waals surface area contributed by atoms with Crippen LogP contribution in [0.2, 0.25) is 0 Å². The number of benzene rings is 2. The fourth-order valence-corrected chi connectivity index (χ4v) is 3.82. The molecule has 30 heavy (non-hydrogen) atoms. The number of aromatic nitrogens is 3. The third kappa shape index (κ3) is 4.21. The zero-order valence-electron chi connectivity index (χ0n) is 17.2. The van der Waals surface area contributed by atoms with Crippen LogP contribution in [-0.4, -0.2) is 49.6 Å². The van der Waals surface area contributed by atoms with E-state index in [-0.39, 0.29) is 18.1 Å². The van der Waals surface area contributed by atoms with Gasteiger partial charge in [-0.05, 0) is 56.5 Å². The molecule has 7 nitrogen and oxygen atoms in total. The van der Waals surface area contributed by atoms with E-state index >= 15 is 0 Å². The minimum atomic E-state index is -0.551. The molecule has 7 heteroatoms. The van der Waals surface area contributed by atoms with Crippen molar-refractivity contribution in [3.05, 3.63) is 72.1 Å². The van der Waals surface area contributed by atoms with Crippen molar-refractivity contribution >= 4 is 5.91 Å². The monoisotopic (exact) mass is 406 g/mol. The highest BCUT2D eigenvalue weighted by atomic mass is 16.5. The summed E-state index contributed by atoms with van der Waals surface area (Å²) in [5.41, 5.74) is 2.04. The lowest BCUT2D eigenvalue weighted by Crippen LogP contribution is -2.49. The first-order valence-corrected chi connectivity index (χ1v) is 10.2. The summed E-state index contributed by atoms with van der Waals surface area (Å²) in [6.07, 6.45) is 4.25. The molecule has 4 rings (SSSR count). The van der Waals surface area contributed by atoms with E-state index in [1.165, 1.54) is 4.80 Å².